The molecular weight excluding hydrogens is 169 g/mol. The lowest BCUT2D eigenvalue weighted by atomic mass is 10.3. The van der Waals surface area contributed by atoms with Gasteiger partial charge in [-0.15, -0.1) is 0 Å². The highest BCUT2D eigenvalue weighted by atomic mass is 19.1. The topological polar surface area (TPSA) is 43.3 Å². The van der Waals surface area contributed by atoms with Crippen molar-refractivity contribution in [3.63, 3.8) is 0 Å². The predicted octanol–water partition coefficient (Wildman–Crippen LogP) is 1.24. The van der Waals surface area contributed by atoms with Gasteiger partial charge in [0.05, 0.1) is 17.8 Å². The molecule has 2 aromatic heterocycles. The third-order valence-corrected chi connectivity index (χ3v) is 2.05. The number of hydrogen-bond acceptors (Lipinski definition) is 2. The molecule has 4 heteroatoms. The number of nitrogens with zero attached hydrogens (tertiary/aromatic N) is 2. The summed E-state index contributed by atoms with van der Waals surface area (Å²) < 4.78 is 14.7. The maximum Gasteiger partial charge on any atom is 0.127 e. The summed E-state index contributed by atoms with van der Waals surface area (Å²) in [4.78, 5) is 4.22. The van der Waals surface area contributed by atoms with Crippen molar-refractivity contribution in [3.05, 3.63) is 35.7 Å². The Kier molecular flexibility index (Phi) is 1.77. The Labute approximate surface area is 75.0 Å². The average molecular weight is 179 g/mol. The fraction of sp³-hybridized carbons (Fsp3) is 0.222. The molecule has 0 unspecified atom stereocenters. The number of hydrogen-bond donors (Lipinski definition) is 1. The highest BCUT2D eigenvalue weighted by molar-refractivity contribution is 5.52. The van der Waals surface area contributed by atoms with Crippen LogP contribution < -0.4 is 5.73 Å². The number of aromatic nitrogens is 2. The molecule has 13 heavy (non-hydrogen) atoms. The fourth-order valence-electron chi connectivity index (χ4n) is 1.43. The van der Waals surface area contributed by atoms with Crippen LogP contribution in [-0.4, -0.2) is 9.38 Å². The Morgan fingerprint density at radius 1 is 1.62 bits per heavy atom. The van der Waals surface area contributed by atoms with Crippen molar-refractivity contribution < 1.29 is 4.39 Å². The summed E-state index contributed by atoms with van der Waals surface area (Å²) in [5.41, 5.74) is 7.07. The summed E-state index contributed by atoms with van der Waals surface area (Å²) in [5.74, 6) is 0.506. The maximum absolute atomic E-state index is 12.9. The van der Waals surface area contributed by atoms with E-state index in [9.17, 15) is 4.39 Å². The molecule has 0 amide bonds. The largest absolute Gasteiger partial charge is 0.324 e. The molecule has 3 nitrogen and oxygen atoms in total. The third-order valence-electron chi connectivity index (χ3n) is 2.05. The van der Waals surface area contributed by atoms with E-state index in [1.807, 2.05) is 6.92 Å². The van der Waals surface area contributed by atoms with Gasteiger partial charge in [-0.3, -0.25) is 0 Å². The second-order valence-corrected chi connectivity index (χ2v) is 2.92. The minimum absolute atomic E-state index is 0.251. The molecule has 0 radical (unpaired) electrons. The third kappa shape index (κ3) is 1.19. The van der Waals surface area contributed by atoms with E-state index in [0.29, 0.717) is 6.54 Å². The Morgan fingerprint density at radius 3 is 3.08 bits per heavy atom. The van der Waals surface area contributed by atoms with Crippen molar-refractivity contribution in [2.24, 2.45) is 5.73 Å². The van der Waals surface area contributed by atoms with Crippen LogP contribution in [0.4, 0.5) is 4.39 Å². The van der Waals surface area contributed by atoms with Gasteiger partial charge in [-0.25, -0.2) is 9.37 Å². The molecule has 0 spiro atoms. The summed E-state index contributed by atoms with van der Waals surface area (Å²) >= 11 is 0. The lowest BCUT2D eigenvalue weighted by Gasteiger charge is -1.97. The van der Waals surface area contributed by atoms with Gasteiger partial charge in [0, 0.05) is 6.20 Å². The molecule has 0 fully saturated rings. The van der Waals surface area contributed by atoms with Gasteiger partial charge in [-0.1, -0.05) is 0 Å². The van der Waals surface area contributed by atoms with E-state index >= 15 is 0 Å². The number of halogens is 1. The van der Waals surface area contributed by atoms with E-state index in [2.05, 4.69) is 4.98 Å². The monoisotopic (exact) mass is 179 g/mol. The zero-order valence-corrected chi connectivity index (χ0v) is 7.29. The van der Waals surface area contributed by atoms with Crippen LogP contribution >= 0.6 is 0 Å². The van der Waals surface area contributed by atoms with Gasteiger partial charge in [0.2, 0.25) is 0 Å². The first kappa shape index (κ1) is 8.19. The first-order chi connectivity index (χ1) is 6.22. The number of fused-ring (bicyclic) bond motifs is 1. The van der Waals surface area contributed by atoms with Crippen LogP contribution in [-0.2, 0) is 6.54 Å². The molecule has 0 atom stereocenters. The van der Waals surface area contributed by atoms with E-state index < -0.39 is 0 Å². The van der Waals surface area contributed by atoms with Crippen LogP contribution in [0, 0.1) is 12.7 Å². The second-order valence-electron chi connectivity index (χ2n) is 2.92. The lowest BCUT2D eigenvalue weighted by molar-refractivity contribution is 0.626. The van der Waals surface area contributed by atoms with E-state index in [1.54, 1.807) is 10.6 Å². The van der Waals surface area contributed by atoms with Gasteiger partial charge in [0.15, 0.2) is 0 Å². The molecule has 2 rings (SSSR count). The molecule has 0 saturated heterocycles. The van der Waals surface area contributed by atoms with Crippen molar-refractivity contribution in [1.82, 2.24) is 9.38 Å². The van der Waals surface area contributed by atoms with Crippen LogP contribution in [0.3, 0.4) is 0 Å². The minimum Gasteiger partial charge on any atom is -0.324 e. The van der Waals surface area contributed by atoms with Crippen molar-refractivity contribution >= 4 is 5.52 Å². The second kappa shape index (κ2) is 2.81. The molecular formula is C9H10FN3. The van der Waals surface area contributed by atoms with Crippen LogP contribution in [0.25, 0.3) is 5.52 Å². The average Bonchev–Trinajstić information content (AvgIpc) is 2.43. The number of pyridine rings is 1. The number of imidazole rings is 1. The van der Waals surface area contributed by atoms with E-state index in [0.717, 1.165) is 17.0 Å². The summed E-state index contributed by atoms with van der Waals surface area (Å²) in [6.07, 6.45) is 1.65. The van der Waals surface area contributed by atoms with Crippen LogP contribution in [0.15, 0.2) is 18.3 Å². The van der Waals surface area contributed by atoms with E-state index in [1.165, 1.54) is 12.1 Å². The number of nitrogens with two attached hydrogens (primary N) is 1. The molecule has 0 aliphatic heterocycles. The minimum atomic E-state index is -0.251. The Balaban J connectivity index is 2.80. The molecule has 0 saturated carbocycles. The van der Waals surface area contributed by atoms with Crippen molar-refractivity contribution in [2.45, 2.75) is 13.5 Å². The molecule has 0 aliphatic carbocycles. The molecule has 0 aliphatic rings. The van der Waals surface area contributed by atoms with Gasteiger partial charge in [-0.05, 0) is 19.1 Å². The summed E-state index contributed by atoms with van der Waals surface area (Å²) in [6.45, 7) is 2.20. The maximum atomic E-state index is 12.9. The Morgan fingerprint density at radius 2 is 2.38 bits per heavy atom. The molecule has 2 aromatic rings. The van der Waals surface area contributed by atoms with Gasteiger partial charge in [0.25, 0.3) is 0 Å². The first-order valence-electron chi connectivity index (χ1n) is 4.05. The first-order valence-corrected chi connectivity index (χ1v) is 4.05. The summed E-state index contributed by atoms with van der Waals surface area (Å²) in [5, 5.41) is 0. The van der Waals surface area contributed by atoms with Crippen molar-refractivity contribution in [1.29, 1.82) is 0 Å². The zero-order chi connectivity index (χ0) is 9.42. The summed E-state index contributed by atoms with van der Waals surface area (Å²) in [6, 6.07) is 2.86. The molecule has 0 aromatic carbocycles. The van der Waals surface area contributed by atoms with Gasteiger partial charge >= 0.3 is 0 Å². The SMILES string of the molecule is Cc1nc(CN)n2ccc(F)cc12. The van der Waals surface area contributed by atoms with E-state index in [-0.39, 0.29) is 5.82 Å². The normalized spacial score (nSPS) is 11.0. The van der Waals surface area contributed by atoms with Gasteiger partial charge in [-0.2, -0.15) is 0 Å². The van der Waals surface area contributed by atoms with Gasteiger partial charge in [0.1, 0.15) is 11.6 Å². The van der Waals surface area contributed by atoms with Crippen LogP contribution in [0.5, 0.6) is 0 Å². The quantitative estimate of drug-likeness (QED) is 0.715. The van der Waals surface area contributed by atoms with Gasteiger partial charge < -0.3 is 10.1 Å². The van der Waals surface area contributed by atoms with E-state index in [4.69, 9.17) is 5.73 Å². The molecule has 68 valence electrons. The smallest absolute Gasteiger partial charge is 0.127 e. The fourth-order valence-corrected chi connectivity index (χ4v) is 1.43. The summed E-state index contributed by atoms with van der Waals surface area (Å²) in [7, 11) is 0. The van der Waals surface area contributed by atoms with Crippen LogP contribution in [0.1, 0.15) is 11.5 Å². The van der Waals surface area contributed by atoms with Crippen molar-refractivity contribution in [3.8, 4) is 0 Å². The Bertz CT molecular complexity index is 447. The molecule has 0 bridgehead atoms. The Hall–Kier alpha value is -1.42. The zero-order valence-electron chi connectivity index (χ0n) is 7.29. The highest BCUT2D eigenvalue weighted by Gasteiger charge is 2.06. The van der Waals surface area contributed by atoms with Crippen LogP contribution in [0.2, 0.25) is 0 Å². The lowest BCUT2D eigenvalue weighted by Crippen LogP contribution is -2.02. The van der Waals surface area contributed by atoms with Crippen molar-refractivity contribution in [2.75, 3.05) is 0 Å². The molecule has 2 N–H and O–H groups in total. The number of aryl methyl sites for hydroxylation is 1. The molecule has 2 heterocycles. The standard InChI is InChI=1S/C9H10FN3/c1-6-8-4-7(10)2-3-13(8)9(5-11)12-6/h2-4H,5,11H2,1H3. The highest BCUT2D eigenvalue weighted by Crippen LogP contribution is 2.13. The predicted molar refractivity (Wildman–Crippen MR) is 47.8 cm³/mol. The number of rotatable bonds is 1.